The molecule has 0 spiro atoms. The number of hydrogen-bond acceptors (Lipinski definition) is 5. The first kappa shape index (κ1) is 23.4. The van der Waals surface area contributed by atoms with Crippen molar-refractivity contribution in [1.82, 2.24) is 0 Å². The van der Waals surface area contributed by atoms with Gasteiger partial charge in [-0.3, -0.25) is 4.72 Å². The number of hydrogen-bond donors (Lipinski definition) is 2. The molecule has 2 N–H and O–H groups in total. The van der Waals surface area contributed by atoms with Gasteiger partial charge in [0.2, 0.25) is 10.0 Å². The fourth-order valence-electron chi connectivity index (χ4n) is 3.63. The van der Waals surface area contributed by atoms with Gasteiger partial charge in [-0.25, -0.2) is 8.42 Å². The molecule has 0 amide bonds. The second kappa shape index (κ2) is 9.09. The summed E-state index contributed by atoms with van der Waals surface area (Å²) < 4.78 is 32.2. The van der Waals surface area contributed by atoms with Crippen LogP contribution in [0.3, 0.4) is 0 Å². The number of nitrogens with one attached hydrogen (secondary N) is 2. The lowest BCUT2D eigenvalue weighted by molar-refractivity contribution is -0.00522. The number of aryl methyl sites for hydroxylation is 1. The standard InChI is InChI=1S/C24H35N3O3S/c1-17-13-22(27-15-18(2)30-19(3)16-27)11-12-23(17)25-14-20-7-9-21(10-8-20)26-31(28,29)24(4,5)6/h7-13,18-19,25-26H,14-16H2,1-6H3/t18-,19+. The summed E-state index contributed by atoms with van der Waals surface area (Å²) in [5.74, 6) is 0. The molecule has 1 aliphatic heterocycles. The summed E-state index contributed by atoms with van der Waals surface area (Å²) in [5.41, 5.74) is 5.17. The Morgan fingerprint density at radius 3 is 2.19 bits per heavy atom. The Balaban J connectivity index is 1.61. The van der Waals surface area contributed by atoms with Gasteiger partial charge in [0.05, 0.1) is 17.0 Å². The van der Waals surface area contributed by atoms with Crippen molar-refractivity contribution >= 4 is 27.1 Å². The Morgan fingerprint density at radius 2 is 1.65 bits per heavy atom. The van der Waals surface area contributed by atoms with Crippen LogP contribution in [0.15, 0.2) is 42.5 Å². The SMILES string of the molecule is Cc1cc(N2C[C@@H](C)O[C@@H](C)C2)ccc1NCc1ccc(NS(=O)(=O)C(C)(C)C)cc1. The van der Waals surface area contributed by atoms with Crippen LogP contribution < -0.4 is 14.9 Å². The van der Waals surface area contributed by atoms with Crippen LogP contribution in [0.2, 0.25) is 0 Å². The van der Waals surface area contributed by atoms with Crippen LogP contribution in [0.4, 0.5) is 17.1 Å². The summed E-state index contributed by atoms with van der Waals surface area (Å²) in [6.45, 7) is 13.9. The minimum Gasteiger partial charge on any atom is -0.381 e. The van der Waals surface area contributed by atoms with E-state index in [1.54, 1.807) is 32.9 Å². The van der Waals surface area contributed by atoms with Gasteiger partial charge in [0, 0.05) is 36.7 Å². The second-order valence-corrected chi connectivity index (χ2v) is 11.9. The van der Waals surface area contributed by atoms with Gasteiger partial charge in [-0.2, -0.15) is 0 Å². The zero-order valence-corrected chi connectivity index (χ0v) is 20.2. The quantitative estimate of drug-likeness (QED) is 0.671. The zero-order valence-electron chi connectivity index (χ0n) is 19.4. The maximum atomic E-state index is 12.3. The average Bonchev–Trinajstić information content (AvgIpc) is 2.66. The molecule has 0 radical (unpaired) electrons. The maximum absolute atomic E-state index is 12.3. The normalized spacial score (nSPS) is 19.9. The highest BCUT2D eigenvalue weighted by Gasteiger charge is 2.28. The Morgan fingerprint density at radius 1 is 1.03 bits per heavy atom. The summed E-state index contributed by atoms with van der Waals surface area (Å²) in [6.07, 6.45) is 0.468. The fraction of sp³-hybridized carbons (Fsp3) is 0.500. The van der Waals surface area contributed by atoms with Crippen molar-refractivity contribution < 1.29 is 13.2 Å². The molecule has 1 heterocycles. The van der Waals surface area contributed by atoms with Gasteiger partial charge in [0.15, 0.2) is 0 Å². The molecule has 1 fully saturated rings. The molecule has 2 atom stereocenters. The molecule has 2 aromatic carbocycles. The molecule has 0 aliphatic carbocycles. The first-order chi connectivity index (χ1) is 14.4. The molecule has 0 aromatic heterocycles. The minimum atomic E-state index is -3.42. The summed E-state index contributed by atoms with van der Waals surface area (Å²) in [4.78, 5) is 2.38. The first-order valence-electron chi connectivity index (χ1n) is 10.8. The number of ether oxygens (including phenoxy) is 1. The second-order valence-electron chi connectivity index (χ2n) is 9.43. The number of morpholine rings is 1. The molecule has 0 unspecified atom stereocenters. The number of rotatable bonds is 6. The van der Waals surface area contributed by atoms with Gasteiger partial charge in [0.25, 0.3) is 0 Å². The van der Waals surface area contributed by atoms with Gasteiger partial charge in [-0.05, 0) is 83.0 Å². The lowest BCUT2D eigenvalue weighted by Crippen LogP contribution is -2.45. The molecule has 31 heavy (non-hydrogen) atoms. The van der Waals surface area contributed by atoms with E-state index in [-0.39, 0.29) is 12.2 Å². The van der Waals surface area contributed by atoms with E-state index in [0.29, 0.717) is 12.2 Å². The van der Waals surface area contributed by atoms with Gasteiger partial charge in [-0.1, -0.05) is 12.1 Å². The summed E-state index contributed by atoms with van der Waals surface area (Å²) in [7, 11) is -3.42. The van der Waals surface area contributed by atoms with Gasteiger partial charge >= 0.3 is 0 Å². The molecule has 6 nitrogen and oxygen atoms in total. The number of nitrogens with zero attached hydrogens (tertiary/aromatic N) is 1. The molecule has 2 aromatic rings. The third kappa shape index (κ3) is 5.92. The third-order valence-corrected chi connectivity index (χ3v) is 7.61. The van der Waals surface area contributed by atoms with Gasteiger partial charge in [-0.15, -0.1) is 0 Å². The predicted molar refractivity (Wildman–Crippen MR) is 129 cm³/mol. The Kier molecular flexibility index (Phi) is 6.86. The lowest BCUT2D eigenvalue weighted by Gasteiger charge is -2.37. The Hall–Kier alpha value is -2.25. The number of benzene rings is 2. The van der Waals surface area contributed by atoms with E-state index < -0.39 is 14.8 Å². The molecule has 0 bridgehead atoms. The largest absolute Gasteiger partial charge is 0.381 e. The van der Waals surface area contributed by atoms with Crippen molar-refractivity contribution in [2.75, 3.05) is 28.0 Å². The van der Waals surface area contributed by atoms with Gasteiger partial charge in [0.1, 0.15) is 0 Å². The molecule has 1 saturated heterocycles. The van der Waals surface area contributed by atoms with E-state index >= 15 is 0 Å². The number of sulfonamides is 1. The van der Waals surface area contributed by atoms with Gasteiger partial charge < -0.3 is 15.0 Å². The van der Waals surface area contributed by atoms with E-state index in [4.69, 9.17) is 4.74 Å². The summed E-state index contributed by atoms with van der Waals surface area (Å²) in [6, 6.07) is 14.0. The van der Waals surface area contributed by atoms with E-state index in [0.717, 1.165) is 24.3 Å². The van der Waals surface area contributed by atoms with Crippen molar-refractivity contribution in [3.63, 3.8) is 0 Å². The highest BCUT2D eigenvalue weighted by molar-refractivity contribution is 7.94. The number of anilines is 3. The topological polar surface area (TPSA) is 70.7 Å². The van der Waals surface area contributed by atoms with Crippen LogP contribution in [0.5, 0.6) is 0 Å². The van der Waals surface area contributed by atoms with E-state index in [2.05, 4.69) is 53.9 Å². The smallest absolute Gasteiger partial charge is 0.237 e. The lowest BCUT2D eigenvalue weighted by atomic mass is 10.1. The van der Waals surface area contributed by atoms with Crippen LogP contribution >= 0.6 is 0 Å². The zero-order chi connectivity index (χ0) is 22.8. The van der Waals surface area contributed by atoms with Crippen molar-refractivity contribution in [3.05, 3.63) is 53.6 Å². The first-order valence-corrected chi connectivity index (χ1v) is 12.3. The molecule has 0 saturated carbocycles. The van der Waals surface area contributed by atoms with Crippen molar-refractivity contribution in [1.29, 1.82) is 0 Å². The average molecular weight is 446 g/mol. The molecular formula is C24H35N3O3S. The van der Waals surface area contributed by atoms with Crippen LogP contribution in [-0.2, 0) is 21.3 Å². The molecule has 3 rings (SSSR count). The van der Waals surface area contributed by atoms with Crippen LogP contribution in [-0.4, -0.2) is 38.5 Å². The van der Waals surface area contributed by atoms with Crippen LogP contribution in [0.25, 0.3) is 0 Å². The minimum absolute atomic E-state index is 0.234. The Bertz CT molecular complexity index is 988. The van der Waals surface area contributed by atoms with E-state index in [1.165, 1.54) is 11.3 Å². The maximum Gasteiger partial charge on any atom is 0.237 e. The van der Waals surface area contributed by atoms with Crippen LogP contribution in [0, 0.1) is 6.92 Å². The highest BCUT2D eigenvalue weighted by Crippen LogP contribution is 2.26. The monoisotopic (exact) mass is 445 g/mol. The fourth-order valence-corrected chi connectivity index (χ4v) is 4.38. The molecule has 7 heteroatoms. The summed E-state index contributed by atoms with van der Waals surface area (Å²) >= 11 is 0. The third-order valence-electron chi connectivity index (χ3n) is 5.49. The van der Waals surface area contributed by atoms with Crippen LogP contribution in [0.1, 0.15) is 45.7 Å². The predicted octanol–water partition coefficient (Wildman–Crippen LogP) is 4.76. The molecule has 170 valence electrons. The highest BCUT2D eigenvalue weighted by atomic mass is 32.2. The van der Waals surface area contributed by atoms with E-state index in [9.17, 15) is 8.42 Å². The molecule has 1 aliphatic rings. The van der Waals surface area contributed by atoms with Crippen molar-refractivity contribution in [2.24, 2.45) is 0 Å². The summed E-state index contributed by atoms with van der Waals surface area (Å²) in [5, 5.41) is 3.49. The van der Waals surface area contributed by atoms with Crippen molar-refractivity contribution in [3.8, 4) is 0 Å². The van der Waals surface area contributed by atoms with E-state index in [1.807, 2.05) is 12.1 Å². The Labute approximate surface area is 187 Å². The molecular weight excluding hydrogens is 410 g/mol. The van der Waals surface area contributed by atoms with Crippen molar-refractivity contribution in [2.45, 2.75) is 65.0 Å².